The minimum atomic E-state index is -4.49. The van der Waals surface area contributed by atoms with Crippen molar-refractivity contribution in [2.45, 2.75) is 32.0 Å². The number of likely N-dealkylation sites (tertiary alicyclic amines) is 1. The molecule has 6 nitrogen and oxygen atoms in total. The van der Waals surface area contributed by atoms with Gasteiger partial charge in [-0.3, -0.25) is 4.79 Å². The lowest BCUT2D eigenvalue weighted by molar-refractivity contribution is -0.144. The number of carbonyl (C=O) groups excluding carboxylic acids is 1. The van der Waals surface area contributed by atoms with E-state index in [1.807, 2.05) is 6.92 Å². The number of aliphatic carboxylic acids is 1. The summed E-state index contributed by atoms with van der Waals surface area (Å²) >= 11 is 0. The summed E-state index contributed by atoms with van der Waals surface area (Å²) in [4.78, 5) is 25.4. The third-order valence-electron chi connectivity index (χ3n) is 4.66. The van der Waals surface area contributed by atoms with E-state index in [0.717, 1.165) is 12.1 Å². The molecule has 1 N–H and O–H groups in total. The Labute approximate surface area is 153 Å². The van der Waals surface area contributed by atoms with Crippen LogP contribution in [0.4, 0.5) is 13.2 Å². The molecule has 1 amide bonds. The standard InChI is InChI=1S/C18H18F3N3O3/c1-11-5-7-23(15(9-11)17(26)27)16(25)14-6-8-24(22-14)13-4-2-3-12(10-13)18(19,20)21/h2-4,6,8,10-11,15H,5,7,9H2,1H3,(H,26,27). The predicted octanol–water partition coefficient (Wildman–Crippen LogP) is 3.22. The molecule has 1 fully saturated rings. The Bertz CT molecular complexity index is 863. The molecule has 2 atom stereocenters. The molecule has 2 heterocycles. The van der Waals surface area contributed by atoms with Crippen LogP contribution in [0.3, 0.4) is 0 Å². The summed E-state index contributed by atoms with van der Waals surface area (Å²) in [5.74, 6) is -1.43. The Morgan fingerprint density at radius 1 is 1.26 bits per heavy atom. The van der Waals surface area contributed by atoms with Crippen molar-refractivity contribution in [2.75, 3.05) is 6.54 Å². The van der Waals surface area contributed by atoms with Crippen molar-refractivity contribution < 1.29 is 27.9 Å². The largest absolute Gasteiger partial charge is 0.480 e. The van der Waals surface area contributed by atoms with Crippen LogP contribution in [0.2, 0.25) is 0 Å². The first kappa shape index (κ1) is 18.9. The molecule has 1 aromatic carbocycles. The fraction of sp³-hybridized carbons (Fsp3) is 0.389. The second kappa shape index (κ2) is 7.05. The summed E-state index contributed by atoms with van der Waals surface area (Å²) in [5, 5.41) is 13.4. The molecule has 2 aromatic rings. The summed E-state index contributed by atoms with van der Waals surface area (Å²) in [6.07, 6.45) is -2.06. The minimum Gasteiger partial charge on any atom is -0.480 e. The number of halogens is 3. The van der Waals surface area contributed by atoms with Gasteiger partial charge in [0, 0.05) is 12.7 Å². The van der Waals surface area contributed by atoms with E-state index in [0.29, 0.717) is 19.4 Å². The smallest absolute Gasteiger partial charge is 0.416 e. The van der Waals surface area contributed by atoms with Crippen LogP contribution in [0.15, 0.2) is 36.5 Å². The molecule has 9 heteroatoms. The summed E-state index contributed by atoms with van der Waals surface area (Å²) in [5.41, 5.74) is -0.668. The Kier molecular flexibility index (Phi) is 4.95. The predicted molar refractivity (Wildman–Crippen MR) is 89.4 cm³/mol. The van der Waals surface area contributed by atoms with Gasteiger partial charge in [-0.1, -0.05) is 13.0 Å². The molecule has 27 heavy (non-hydrogen) atoms. The van der Waals surface area contributed by atoms with Gasteiger partial charge in [-0.2, -0.15) is 18.3 Å². The Balaban J connectivity index is 1.85. The van der Waals surface area contributed by atoms with Crippen LogP contribution in [0, 0.1) is 5.92 Å². The highest BCUT2D eigenvalue weighted by molar-refractivity contribution is 5.95. The number of alkyl halides is 3. The minimum absolute atomic E-state index is 0.00628. The second-order valence-corrected chi connectivity index (χ2v) is 6.68. The fourth-order valence-electron chi connectivity index (χ4n) is 3.17. The number of nitrogens with zero attached hydrogens (tertiary/aromatic N) is 3. The monoisotopic (exact) mass is 381 g/mol. The van der Waals surface area contributed by atoms with E-state index in [-0.39, 0.29) is 17.3 Å². The highest BCUT2D eigenvalue weighted by atomic mass is 19.4. The first-order valence-corrected chi connectivity index (χ1v) is 8.44. The molecule has 0 spiro atoms. The maximum Gasteiger partial charge on any atom is 0.416 e. The summed E-state index contributed by atoms with van der Waals surface area (Å²) in [6, 6.07) is 5.03. The Morgan fingerprint density at radius 2 is 2.00 bits per heavy atom. The zero-order valence-corrected chi connectivity index (χ0v) is 14.5. The molecule has 144 valence electrons. The molecule has 2 unspecified atom stereocenters. The quantitative estimate of drug-likeness (QED) is 0.886. The van der Waals surface area contributed by atoms with Crippen molar-refractivity contribution in [2.24, 2.45) is 5.92 Å². The lowest BCUT2D eigenvalue weighted by Crippen LogP contribution is -2.49. The van der Waals surface area contributed by atoms with Gasteiger partial charge >= 0.3 is 12.1 Å². The number of aromatic nitrogens is 2. The number of benzene rings is 1. The SMILES string of the molecule is CC1CCN(C(=O)c2ccn(-c3cccc(C(F)(F)F)c3)n2)C(C(=O)O)C1. The van der Waals surface area contributed by atoms with Crippen molar-refractivity contribution in [1.82, 2.24) is 14.7 Å². The average Bonchev–Trinajstić information content (AvgIpc) is 3.10. The van der Waals surface area contributed by atoms with E-state index in [1.54, 1.807) is 0 Å². The Hall–Kier alpha value is -2.84. The number of carboxylic acid groups (broad SMARTS) is 1. The number of piperidine rings is 1. The first-order valence-electron chi connectivity index (χ1n) is 8.44. The number of hydrogen-bond donors (Lipinski definition) is 1. The Morgan fingerprint density at radius 3 is 2.67 bits per heavy atom. The van der Waals surface area contributed by atoms with Gasteiger partial charge in [-0.05, 0) is 43.0 Å². The molecule has 1 saturated heterocycles. The van der Waals surface area contributed by atoms with Gasteiger partial charge < -0.3 is 10.0 Å². The first-order chi connectivity index (χ1) is 12.7. The van der Waals surface area contributed by atoms with E-state index in [4.69, 9.17) is 0 Å². The summed E-state index contributed by atoms with van der Waals surface area (Å²) in [7, 11) is 0. The van der Waals surface area contributed by atoms with Gasteiger partial charge in [0.1, 0.15) is 6.04 Å². The van der Waals surface area contributed by atoms with E-state index < -0.39 is 29.7 Å². The summed E-state index contributed by atoms with van der Waals surface area (Å²) < 4.78 is 39.8. The van der Waals surface area contributed by atoms with Crippen LogP contribution in [0.25, 0.3) is 5.69 Å². The molecule has 0 saturated carbocycles. The molecule has 0 radical (unpaired) electrons. The van der Waals surface area contributed by atoms with E-state index in [2.05, 4.69) is 5.10 Å². The fourth-order valence-corrected chi connectivity index (χ4v) is 3.17. The zero-order valence-electron chi connectivity index (χ0n) is 14.5. The van der Waals surface area contributed by atoms with Crippen molar-refractivity contribution in [1.29, 1.82) is 0 Å². The molecular formula is C18H18F3N3O3. The van der Waals surface area contributed by atoms with Gasteiger partial charge in [0.05, 0.1) is 11.3 Å². The second-order valence-electron chi connectivity index (χ2n) is 6.68. The number of amides is 1. The van der Waals surface area contributed by atoms with Crippen LogP contribution >= 0.6 is 0 Å². The van der Waals surface area contributed by atoms with E-state index in [9.17, 15) is 27.9 Å². The highest BCUT2D eigenvalue weighted by Gasteiger charge is 2.36. The normalized spacial score (nSPS) is 20.5. The molecule has 1 aliphatic heterocycles. The van der Waals surface area contributed by atoms with Crippen LogP contribution in [-0.4, -0.2) is 44.3 Å². The highest BCUT2D eigenvalue weighted by Crippen LogP contribution is 2.30. The topological polar surface area (TPSA) is 75.4 Å². The zero-order chi connectivity index (χ0) is 19.8. The van der Waals surface area contributed by atoms with E-state index >= 15 is 0 Å². The van der Waals surface area contributed by atoms with Crippen molar-refractivity contribution >= 4 is 11.9 Å². The number of hydrogen-bond acceptors (Lipinski definition) is 3. The third-order valence-corrected chi connectivity index (χ3v) is 4.66. The maximum absolute atomic E-state index is 12.9. The lowest BCUT2D eigenvalue weighted by atomic mass is 9.92. The van der Waals surface area contributed by atoms with Gasteiger partial charge in [-0.15, -0.1) is 0 Å². The number of carboxylic acids is 1. The van der Waals surface area contributed by atoms with Crippen LogP contribution in [0.5, 0.6) is 0 Å². The molecule has 1 aromatic heterocycles. The van der Waals surface area contributed by atoms with Gasteiger partial charge in [0.2, 0.25) is 0 Å². The van der Waals surface area contributed by atoms with Gasteiger partial charge in [0.15, 0.2) is 5.69 Å². The lowest BCUT2D eigenvalue weighted by Gasteiger charge is -2.35. The van der Waals surface area contributed by atoms with Crippen molar-refractivity contribution in [3.8, 4) is 5.69 Å². The van der Waals surface area contributed by atoms with E-state index in [1.165, 1.54) is 34.0 Å². The summed E-state index contributed by atoms with van der Waals surface area (Å²) in [6.45, 7) is 2.23. The van der Waals surface area contributed by atoms with Crippen molar-refractivity contribution in [3.63, 3.8) is 0 Å². The average molecular weight is 381 g/mol. The number of rotatable bonds is 3. The van der Waals surface area contributed by atoms with Crippen LogP contribution in [0.1, 0.15) is 35.8 Å². The molecular weight excluding hydrogens is 363 g/mol. The molecule has 3 rings (SSSR count). The molecule has 0 aliphatic carbocycles. The van der Waals surface area contributed by atoms with Crippen LogP contribution < -0.4 is 0 Å². The number of carbonyl (C=O) groups is 2. The molecule has 1 aliphatic rings. The maximum atomic E-state index is 12.9. The molecule has 0 bridgehead atoms. The van der Waals surface area contributed by atoms with Gasteiger partial charge in [0.25, 0.3) is 5.91 Å². The third kappa shape index (κ3) is 3.96. The van der Waals surface area contributed by atoms with Crippen molar-refractivity contribution in [3.05, 3.63) is 47.8 Å². The van der Waals surface area contributed by atoms with Gasteiger partial charge in [-0.25, -0.2) is 9.48 Å². The van der Waals surface area contributed by atoms with Crippen LogP contribution in [-0.2, 0) is 11.0 Å².